The highest BCUT2D eigenvalue weighted by atomic mass is 35.5. The number of ether oxygens (including phenoxy) is 1. The first-order valence-electron chi connectivity index (χ1n) is 7.61. The zero-order valence-electron chi connectivity index (χ0n) is 14.1. The SMILES string of the molecule is COC(=O)Cn1c(=NC(=O)c2ccccc2SC)sc2cc(Cl)ccc21. The number of carbonyl (C=O) groups excluding carboxylic acids is 2. The Morgan fingerprint density at radius 3 is 2.77 bits per heavy atom. The number of amides is 1. The van der Waals surface area contributed by atoms with Crippen LogP contribution in [0.15, 0.2) is 52.4 Å². The first-order valence-corrected chi connectivity index (χ1v) is 10.0. The molecule has 1 heterocycles. The van der Waals surface area contributed by atoms with Crippen molar-refractivity contribution in [1.82, 2.24) is 4.57 Å². The lowest BCUT2D eigenvalue weighted by molar-refractivity contribution is -0.141. The molecule has 26 heavy (non-hydrogen) atoms. The molecule has 8 heteroatoms. The molecule has 0 saturated carbocycles. The van der Waals surface area contributed by atoms with Crippen LogP contribution in [0.1, 0.15) is 10.4 Å². The molecule has 0 N–H and O–H groups in total. The quantitative estimate of drug-likeness (QED) is 0.485. The summed E-state index contributed by atoms with van der Waals surface area (Å²) < 4.78 is 7.27. The molecule has 0 fully saturated rings. The minimum absolute atomic E-state index is 0.0333. The van der Waals surface area contributed by atoms with Gasteiger partial charge in [0.05, 0.1) is 22.9 Å². The molecule has 0 aliphatic heterocycles. The number of methoxy groups -OCH3 is 1. The Morgan fingerprint density at radius 1 is 1.27 bits per heavy atom. The third-order valence-electron chi connectivity index (χ3n) is 3.69. The fourth-order valence-corrected chi connectivity index (χ4v) is 4.34. The number of thioether (sulfide) groups is 1. The average molecular weight is 407 g/mol. The van der Waals surface area contributed by atoms with E-state index in [0.29, 0.717) is 15.4 Å². The van der Waals surface area contributed by atoms with Gasteiger partial charge in [0.25, 0.3) is 5.91 Å². The summed E-state index contributed by atoms with van der Waals surface area (Å²) in [5, 5.41) is 0.578. The van der Waals surface area contributed by atoms with Crippen LogP contribution in [-0.4, -0.2) is 29.8 Å². The van der Waals surface area contributed by atoms with Crippen molar-refractivity contribution in [3.63, 3.8) is 0 Å². The van der Waals surface area contributed by atoms with Gasteiger partial charge in [-0.3, -0.25) is 9.59 Å². The second kappa shape index (κ2) is 8.07. The van der Waals surface area contributed by atoms with Gasteiger partial charge in [0.2, 0.25) is 0 Å². The number of rotatable bonds is 4. The van der Waals surface area contributed by atoms with Crippen molar-refractivity contribution in [3.05, 3.63) is 57.9 Å². The van der Waals surface area contributed by atoms with Gasteiger partial charge in [0, 0.05) is 9.92 Å². The number of hydrogen-bond donors (Lipinski definition) is 0. The molecule has 0 radical (unpaired) electrons. The Bertz CT molecular complexity index is 1060. The first-order chi connectivity index (χ1) is 12.5. The summed E-state index contributed by atoms with van der Waals surface area (Å²) >= 11 is 8.85. The van der Waals surface area contributed by atoms with E-state index >= 15 is 0 Å². The summed E-state index contributed by atoms with van der Waals surface area (Å²) in [4.78, 5) is 30.1. The summed E-state index contributed by atoms with van der Waals surface area (Å²) in [5.74, 6) is -0.774. The molecule has 134 valence electrons. The van der Waals surface area contributed by atoms with Crippen molar-refractivity contribution in [3.8, 4) is 0 Å². The minimum atomic E-state index is -0.418. The summed E-state index contributed by atoms with van der Waals surface area (Å²) in [5.41, 5.74) is 1.30. The standard InChI is InChI=1S/C18H15ClN2O3S2/c1-24-16(22)10-21-13-8-7-11(19)9-15(13)26-18(21)20-17(23)12-5-3-4-6-14(12)25-2/h3-9H,10H2,1-2H3. The number of hydrogen-bond acceptors (Lipinski definition) is 5. The largest absolute Gasteiger partial charge is 0.468 e. The van der Waals surface area contributed by atoms with Gasteiger partial charge in [-0.1, -0.05) is 35.1 Å². The highest BCUT2D eigenvalue weighted by Crippen LogP contribution is 2.23. The normalized spacial score (nSPS) is 11.7. The monoisotopic (exact) mass is 406 g/mol. The van der Waals surface area contributed by atoms with E-state index in [-0.39, 0.29) is 12.5 Å². The van der Waals surface area contributed by atoms with Crippen molar-refractivity contribution >= 4 is 56.8 Å². The van der Waals surface area contributed by atoms with E-state index in [1.54, 1.807) is 34.9 Å². The molecule has 0 spiro atoms. The summed E-state index contributed by atoms with van der Waals surface area (Å²) in [6.07, 6.45) is 1.91. The van der Waals surface area contributed by atoms with Gasteiger partial charge in [-0.25, -0.2) is 0 Å². The second-order valence-corrected chi connectivity index (χ2v) is 7.57. The number of halogens is 1. The van der Waals surface area contributed by atoms with E-state index in [4.69, 9.17) is 16.3 Å². The number of esters is 1. The van der Waals surface area contributed by atoms with E-state index in [2.05, 4.69) is 4.99 Å². The minimum Gasteiger partial charge on any atom is -0.468 e. The Balaban J connectivity index is 2.16. The van der Waals surface area contributed by atoms with Crippen LogP contribution < -0.4 is 4.80 Å². The smallest absolute Gasteiger partial charge is 0.325 e. The molecule has 0 saturated heterocycles. The highest BCUT2D eigenvalue weighted by Gasteiger charge is 2.14. The predicted octanol–water partition coefficient (Wildman–Crippen LogP) is 3.99. The van der Waals surface area contributed by atoms with Gasteiger partial charge in [-0.05, 0) is 36.6 Å². The van der Waals surface area contributed by atoms with Crippen molar-refractivity contribution in [2.45, 2.75) is 11.4 Å². The van der Waals surface area contributed by atoms with E-state index < -0.39 is 5.97 Å². The van der Waals surface area contributed by atoms with Crippen LogP contribution in [0.2, 0.25) is 5.02 Å². The van der Waals surface area contributed by atoms with E-state index in [1.165, 1.54) is 30.2 Å². The summed E-state index contributed by atoms with van der Waals surface area (Å²) in [6.45, 7) is -0.0333. The molecule has 1 amide bonds. The molecule has 0 atom stereocenters. The van der Waals surface area contributed by atoms with Crippen LogP contribution in [0.25, 0.3) is 10.2 Å². The van der Waals surface area contributed by atoms with Crippen molar-refractivity contribution in [1.29, 1.82) is 0 Å². The van der Waals surface area contributed by atoms with Gasteiger partial charge in [0.15, 0.2) is 4.80 Å². The fourth-order valence-electron chi connectivity index (χ4n) is 2.45. The summed E-state index contributed by atoms with van der Waals surface area (Å²) in [6, 6.07) is 12.6. The molecule has 0 unspecified atom stereocenters. The Morgan fingerprint density at radius 2 is 2.04 bits per heavy atom. The van der Waals surface area contributed by atoms with Crippen LogP contribution in [-0.2, 0) is 16.1 Å². The molecule has 5 nitrogen and oxygen atoms in total. The van der Waals surface area contributed by atoms with Crippen molar-refractivity contribution in [2.75, 3.05) is 13.4 Å². The lowest BCUT2D eigenvalue weighted by Crippen LogP contribution is -2.22. The molecule has 2 aromatic carbocycles. The van der Waals surface area contributed by atoms with Crippen LogP contribution in [0, 0.1) is 0 Å². The van der Waals surface area contributed by atoms with Crippen LogP contribution in [0.3, 0.4) is 0 Å². The topological polar surface area (TPSA) is 60.7 Å². The zero-order chi connectivity index (χ0) is 18.7. The van der Waals surface area contributed by atoms with Crippen molar-refractivity contribution < 1.29 is 14.3 Å². The summed E-state index contributed by atoms with van der Waals surface area (Å²) in [7, 11) is 1.32. The highest BCUT2D eigenvalue weighted by molar-refractivity contribution is 7.98. The fraction of sp³-hybridized carbons (Fsp3) is 0.167. The van der Waals surface area contributed by atoms with Gasteiger partial charge in [0.1, 0.15) is 6.54 Å². The number of thiazole rings is 1. The number of carbonyl (C=O) groups is 2. The lowest BCUT2D eigenvalue weighted by atomic mass is 10.2. The molecule has 0 aliphatic rings. The van der Waals surface area contributed by atoms with Gasteiger partial charge in [-0.15, -0.1) is 11.8 Å². The zero-order valence-corrected chi connectivity index (χ0v) is 16.5. The maximum absolute atomic E-state index is 12.7. The molecule has 1 aromatic heterocycles. The molecular formula is C18H15ClN2O3S2. The third kappa shape index (κ3) is 3.85. The van der Waals surface area contributed by atoms with E-state index in [1.807, 2.05) is 18.4 Å². The van der Waals surface area contributed by atoms with Gasteiger partial charge >= 0.3 is 5.97 Å². The lowest BCUT2D eigenvalue weighted by Gasteiger charge is -2.04. The Labute approximate surface area is 163 Å². The predicted molar refractivity (Wildman–Crippen MR) is 105 cm³/mol. The van der Waals surface area contributed by atoms with Crippen LogP contribution >= 0.6 is 34.7 Å². The van der Waals surface area contributed by atoms with E-state index in [0.717, 1.165) is 15.1 Å². The van der Waals surface area contributed by atoms with E-state index in [9.17, 15) is 9.59 Å². The maximum atomic E-state index is 12.7. The van der Waals surface area contributed by atoms with Crippen LogP contribution in [0.4, 0.5) is 0 Å². The van der Waals surface area contributed by atoms with Crippen LogP contribution in [0.5, 0.6) is 0 Å². The number of benzene rings is 2. The Hall–Kier alpha value is -2.09. The molecule has 3 rings (SSSR count). The number of fused-ring (bicyclic) bond motifs is 1. The maximum Gasteiger partial charge on any atom is 0.325 e. The molecule has 3 aromatic rings. The number of aromatic nitrogens is 1. The van der Waals surface area contributed by atoms with Gasteiger partial charge < -0.3 is 9.30 Å². The van der Waals surface area contributed by atoms with Crippen molar-refractivity contribution in [2.24, 2.45) is 4.99 Å². The Kier molecular flexibility index (Phi) is 5.80. The first kappa shape index (κ1) is 18.7. The average Bonchev–Trinajstić information content (AvgIpc) is 2.97. The molecular weight excluding hydrogens is 392 g/mol. The third-order valence-corrected chi connectivity index (χ3v) is 5.77. The molecule has 0 bridgehead atoms. The van der Waals surface area contributed by atoms with Gasteiger partial charge in [-0.2, -0.15) is 4.99 Å². The number of nitrogens with zero attached hydrogens (tertiary/aromatic N) is 2. The second-order valence-electron chi connectivity index (χ2n) is 5.28. The molecule has 0 aliphatic carbocycles.